The average molecular weight is 524 g/mol. The lowest BCUT2D eigenvalue weighted by atomic mass is 9.96. The second-order valence-electron chi connectivity index (χ2n) is 11.3. The summed E-state index contributed by atoms with van der Waals surface area (Å²) in [4.78, 5) is 27.5. The number of carbonyl (C=O) groups is 1. The number of anilines is 1. The molecule has 0 bridgehead atoms. The number of nitrogens with one attached hydrogen (secondary N) is 1. The quantitative estimate of drug-likeness (QED) is 0.468. The second kappa shape index (κ2) is 11.0. The van der Waals surface area contributed by atoms with Crippen LogP contribution in [0.5, 0.6) is 0 Å². The van der Waals surface area contributed by atoms with Gasteiger partial charge in [-0.05, 0) is 98.3 Å². The molecule has 2 fully saturated rings. The predicted molar refractivity (Wildman–Crippen MR) is 155 cm³/mol. The van der Waals surface area contributed by atoms with E-state index in [9.17, 15) is 9.90 Å². The zero-order valence-corrected chi connectivity index (χ0v) is 22.9. The van der Waals surface area contributed by atoms with Gasteiger partial charge >= 0.3 is 0 Å². The summed E-state index contributed by atoms with van der Waals surface area (Å²) in [6, 6.07) is 14.6. The largest absolute Gasteiger partial charge is 0.393 e. The van der Waals surface area contributed by atoms with Gasteiger partial charge in [-0.3, -0.25) is 24.6 Å². The van der Waals surface area contributed by atoms with E-state index in [1.54, 1.807) is 0 Å². The molecule has 0 saturated carbocycles. The smallest absolute Gasteiger partial charge is 0.274 e. The first-order chi connectivity index (χ1) is 18.9. The van der Waals surface area contributed by atoms with E-state index in [2.05, 4.69) is 63.4 Å². The molecule has 1 atom stereocenters. The van der Waals surface area contributed by atoms with Gasteiger partial charge in [-0.15, -0.1) is 0 Å². The number of hydrogen-bond acceptors (Lipinski definition) is 6. The molecule has 6 rings (SSSR count). The molecule has 3 aliphatic heterocycles. The Morgan fingerprint density at radius 1 is 0.974 bits per heavy atom. The van der Waals surface area contributed by atoms with Gasteiger partial charge in [-0.25, -0.2) is 0 Å². The highest BCUT2D eigenvalue weighted by atomic mass is 16.3. The number of aromatic nitrogens is 1. The van der Waals surface area contributed by atoms with Gasteiger partial charge in [0.2, 0.25) is 0 Å². The summed E-state index contributed by atoms with van der Waals surface area (Å²) in [5.74, 6) is -0.174. The number of rotatable bonds is 7. The van der Waals surface area contributed by atoms with Crippen LogP contribution in [-0.2, 0) is 17.9 Å². The number of nitrogens with zero attached hydrogens (tertiary/aromatic N) is 4. The molecule has 1 aromatic heterocycles. The number of fused-ring (bicyclic) bond motifs is 1. The predicted octanol–water partition coefficient (Wildman–Crippen LogP) is 4.72. The molecule has 2 aromatic carbocycles. The van der Waals surface area contributed by atoms with Crippen molar-refractivity contribution in [1.82, 2.24) is 14.8 Å². The Morgan fingerprint density at radius 3 is 2.51 bits per heavy atom. The third-order valence-corrected chi connectivity index (χ3v) is 8.33. The van der Waals surface area contributed by atoms with Gasteiger partial charge in [0.15, 0.2) is 0 Å². The molecular formula is C32H37N5O2. The number of carbonyl (C=O) groups excluding carboxylic acids is 1. The number of benzene rings is 2. The highest BCUT2D eigenvalue weighted by molar-refractivity contribution is 6.50. The van der Waals surface area contributed by atoms with Gasteiger partial charge < -0.3 is 10.4 Å². The number of amides is 1. The Balaban J connectivity index is 1.18. The molecule has 3 aliphatic rings. The van der Waals surface area contributed by atoms with E-state index in [1.807, 2.05) is 25.4 Å². The maximum Gasteiger partial charge on any atom is 0.274 e. The topological polar surface area (TPSA) is 81.1 Å². The lowest BCUT2D eigenvalue weighted by molar-refractivity contribution is -0.110. The van der Waals surface area contributed by atoms with Crippen LogP contribution in [0.3, 0.4) is 0 Å². The van der Waals surface area contributed by atoms with Crippen molar-refractivity contribution in [3.8, 4) is 11.1 Å². The Hall–Kier alpha value is -3.39. The third-order valence-electron chi connectivity index (χ3n) is 8.33. The highest BCUT2D eigenvalue weighted by Gasteiger charge is 2.27. The van der Waals surface area contributed by atoms with E-state index in [4.69, 9.17) is 4.99 Å². The number of likely N-dealkylation sites (tertiary alicyclic amines) is 2. The number of aliphatic hydroxyl groups is 1. The summed E-state index contributed by atoms with van der Waals surface area (Å²) in [6.07, 6.45) is 6.55. The summed E-state index contributed by atoms with van der Waals surface area (Å²) < 4.78 is 0. The second-order valence-corrected chi connectivity index (χ2v) is 11.3. The fourth-order valence-corrected chi connectivity index (χ4v) is 5.81. The molecular weight excluding hydrogens is 486 g/mol. The lowest BCUT2D eigenvalue weighted by Crippen LogP contribution is -2.36. The van der Waals surface area contributed by atoms with Gasteiger partial charge in [0, 0.05) is 55.4 Å². The van der Waals surface area contributed by atoms with Crippen molar-refractivity contribution in [2.45, 2.75) is 58.3 Å². The first-order valence-corrected chi connectivity index (χ1v) is 14.1. The average Bonchev–Trinajstić information content (AvgIpc) is 3.24. The number of piperidine rings is 1. The van der Waals surface area contributed by atoms with Crippen LogP contribution in [0.1, 0.15) is 60.0 Å². The van der Waals surface area contributed by atoms with E-state index >= 15 is 0 Å². The summed E-state index contributed by atoms with van der Waals surface area (Å²) in [5.41, 5.74) is 8.94. The molecule has 0 radical (unpaired) electrons. The van der Waals surface area contributed by atoms with E-state index in [0.29, 0.717) is 5.71 Å². The van der Waals surface area contributed by atoms with Crippen molar-refractivity contribution in [1.29, 1.82) is 0 Å². The molecule has 4 heterocycles. The van der Waals surface area contributed by atoms with Crippen LogP contribution >= 0.6 is 0 Å². The highest BCUT2D eigenvalue weighted by Crippen LogP contribution is 2.33. The van der Waals surface area contributed by atoms with Crippen LogP contribution < -0.4 is 5.32 Å². The minimum Gasteiger partial charge on any atom is -0.393 e. The number of aryl methyl sites for hydroxylation is 1. The van der Waals surface area contributed by atoms with Crippen molar-refractivity contribution in [3.63, 3.8) is 0 Å². The van der Waals surface area contributed by atoms with Crippen LogP contribution in [0.2, 0.25) is 0 Å². The van der Waals surface area contributed by atoms with Gasteiger partial charge in [0.1, 0.15) is 5.71 Å². The minimum absolute atomic E-state index is 0.0608. The van der Waals surface area contributed by atoms with Crippen molar-refractivity contribution in [3.05, 3.63) is 82.7 Å². The number of aliphatic imine (C=N–C) groups is 1. The number of aliphatic hydroxyl groups excluding tert-OH is 1. The van der Waals surface area contributed by atoms with Crippen molar-refractivity contribution < 1.29 is 9.90 Å². The molecule has 7 nitrogen and oxygen atoms in total. The zero-order chi connectivity index (χ0) is 26.9. The van der Waals surface area contributed by atoms with E-state index in [-0.39, 0.29) is 18.1 Å². The van der Waals surface area contributed by atoms with Crippen LogP contribution in [-0.4, -0.2) is 63.8 Å². The molecule has 0 aliphatic carbocycles. The fraction of sp³-hybridized carbons (Fsp3) is 0.406. The normalized spacial score (nSPS) is 19.9. The zero-order valence-electron chi connectivity index (χ0n) is 22.9. The summed E-state index contributed by atoms with van der Waals surface area (Å²) in [5, 5.41) is 12.9. The molecule has 0 spiro atoms. The standard InChI is InChI=1S/C32H37N5O2/c1-21-14-27(6-4-25(21)20-36-10-3-11-36)35-32(39)31-30-16-24(5-7-29(30)22(2)34-31)26-15-23(17-33-18-26)19-37-12-8-28(38)9-13-37/h4-7,14-18,22,28,38H,3,8-13,19-20H2,1-2H3,(H,35,39)/t22-/m0/s1. The Bertz CT molecular complexity index is 1410. The molecule has 39 heavy (non-hydrogen) atoms. The summed E-state index contributed by atoms with van der Waals surface area (Å²) in [7, 11) is 0. The number of hydrogen-bond donors (Lipinski definition) is 2. The Morgan fingerprint density at radius 2 is 1.77 bits per heavy atom. The third kappa shape index (κ3) is 5.66. The van der Waals surface area contributed by atoms with E-state index < -0.39 is 0 Å². The van der Waals surface area contributed by atoms with Gasteiger partial charge in [-0.2, -0.15) is 0 Å². The molecule has 1 amide bonds. The van der Waals surface area contributed by atoms with E-state index in [0.717, 1.165) is 72.5 Å². The monoisotopic (exact) mass is 523 g/mol. The molecule has 0 unspecified atom stereocenters. The molecule has 2 N–H and O–H groups in total. The van der Waals surface area contributed by atoms with Crippen LogP contribution in [0.25, 0.3) is 11.1 Å². The summed E-state index contributed by atoms with van der Waals surface area (Å²) >= 11 is 0. The first-order valence-electron chi connectivity index (χ1n) is 14.1. The Kier molecular flexibility index (Phi) is 7.30. The fourth-order valence-electron chi connectivity index (χ4n) is 5.81. The van der Waals surface area contributed by atoms with Gasteiger partial charge in [-0.1, -0.05) is 18.2 Å². The van der Waals surface area contributed by atoms with Gasteiger partial charge in [0.25, 0.3) is 5.91 Å². The molecule has 2 saturated heterocycles. The van der Waals surface area contributed by atoms with Crippen LogP contribution in [0, 0.1) is 6.92 Å². The molecule has 202 valence electrons. The van der Waals surface area contributed by atoms with Crippen LogP contribution in [0.15, 0.2) is 59.9 Å². The van der Waals surface area contributed by atoms with Gasteiger partial charge in [0.05, 0.1) is 12.1 Å². The molecule has 7 heteroatoms. The van der Waals surface area contributed by atoms with Crippen molar-refractivity contribution >= 4 is 17.3 Å². The maximum absolute atomic E-state index is 13.4. The first kappa shape index (κ1) is 25.9. The molecule has 3 aromatic rings. The summed E-state index contributed by atoms with van der Waals surface area (Å²) in [6.45, 7) is 10.1. The maximum atomic E-state index is 13.4. The minimum atomic E-state index is -0.175. The Labute approximate surface area is 230 Å². The van der Waals surface area contributed by atoms with E-state index in [1.165, 1.54) is 30.6 Å². The SMILES string of the molecule is Cc1cc(NC(=O)C2=N[C@@H](C)c3ccc(-c4cncc(CN5CCC(O)CC5)c4)cc32)ccc1CN1CCC1. The number of pyridine rings is 1. The van der Waals surface area contributed by atoms with Crippen molar-refractivity contribution in [2.24, 2.45) is 4.99 Å². The van der Waals surface area contributed by atoms with Crippen molar-refractivity contribution in [2.75, 3.05) is 31.5 Å². The van der Waals surface area contributed by atoms with Crippen LogP contribution in [0.4, 0.5) is 5.69 Å². The lowest BCUT2D eigenvalue weighted by Gasteiger charge is -2.31.